The Morgan fingerprint density at radius 1 is 1.00 bits per heavy atom. The van der Waals surface area contributed by atoms with Gasteiger partial charge in [0, 0.05) is 16.9 Å². The lowest BCUT2D eigenvalue weighted by molar-refractivity contribution is -0.114. The smallest absolute Gasteiger partial charge is 0.243 e. The first-order valence-electron chi connectivity index (χ1n) is 7.71. The Kier molecular flexibility index (Phi) is 5.52. The average molecular weight is 310 g/mol. The molecule has 0 aromatic heterocycles. The molecule has 0 radical (unpaired) electrons. The molecule has 2 N–H and O–H groups in total. The number of benzene rings is 2. The van der Waals surface area contributed by atoms with Gasteiger partial charge in [-0.2, -0.15) is 0 Å². The second-order valence-electron chi connectivity index (χ2n) is 5.78. The summed E-state index contributed by atoms with van der Waals surface area (Å²) in [6.45, 7) is 5.90. The fourth-order valence-electron chi connectivity index (χ4n) is 2.31. The van der Waals surface area contributed by atoms with Gasteiger partial charge in [0.05, 0.1) is 6.54 Å². The molecule has 0 bridgehead atoms. The Morgan fingerprint density at radius 2 is 1.65 bits per heavy atom. The fraction of sp³-hybridized carbons (Fsp3) is 0.263. The van der Waals surface area contributed by atoms with Crippen molar-refractivity contribution < 1.29 is 9.59 Å². The third kappa shape index (κ3) is 4.68. The SMILES string of the molecule is CC(=O)c1ccc(NCC(=O)Nc2ccccc2C(C)C)cc1. The predicted molar refractivity (Wildman–Crippen MR) is 94.1 cm³/mol. The summed E-state index contributed by atoms with van der Waals surface area (Å²) in [5.41, 5.74) is 3.43. The Labute approximate surface area is 136 Å². The highest BCUT2D eigenvalue weighted by Gasteiger charge is 2.09. The molecule has 4 nitrogen and oxygen atoms in total. The molecule has 2 rings (SSSR count). The minimum Gasteiger partial charge on any atom is -0.376 e. The van der Waals surface area contributed by atoms with Crippen LogP contribution in [0.1, 0.15) is 42.6 Å². The molecule has 0 atom stereocenters. The molecule has 0 fully saturated rings. The Balaban J connectivity index is 1.94. The second kappa shape index (κ2) is 7.58. The van der Waals surface area contributed by atoms with Gasteiger partial charge in [-0.05, 0) is 48.7 Å². The first-order chi connectivity index (χ1) is 11.0. The van der Waals surface area contributed by atoms with Crippen molar-refractivity contribution in [3.63, 3.8) is 0 Å². The second-order valence-corrected chi connectivity index (χ2v) is 5.78. The van der Waals surface area contributed by atoms with Gasteiger partial charge in [-0.25, -0.2) is 0 Å². The van der Waals surface area contributed by atoms with Crippen molar-refractivity contribution in [2.45, 2.75) is 26.7 Å². The lowest BCUT2D eigenvalue weighted by Crippen LogP contribution is -2.22. The van der Waals surface area contributed by atoms with E-state index in [1.165, 1.54) is 6.92 Å². The molecule has 0 aliphatic rings. The monoisotopic (exact) mass is 310 g/mol. The summed E-state index contributed by atoms with van der Waals surface area (Å²) in [5, 5.41) is 5.99. The van der Waals surface area contributed by atoms with E-state index in [0.29, 0.717) is 11.5 Å². The van der Waals surface area contributed by atoms with Crippen molar-refractivity contribution in [3.8, 4) is 0 Å². The minimum absolute atomic E-state index is 0.0274. The van der Waals surface area contributed by atoms with Gasteiger partial charge in [0.2, 0.25) is 5.91 Å². The van der Waals surface area contributed by atoms with Crippen LogP contribution in [0, 0.1) is 0 Å². The topological polar surface area (TPSA) is 58.2 Å². The summed E-state index contributed by atoms with van der Waals surface area (Å²) < 4.78 is 0. The average Bonchev–Trinajstić information content (AvgIpc) is 2.53. The van der Waals surface area contributed by atoms with Crippen LogP contribution in [0.15, 0.2) is 48.5 Å². The number of nitrogens with one attached hydrogen (secondary N) is 2. The zero-order valence-corrected chi connectivity index (χ0v) is 13.7. The number of para-hydroxylation sites is 1. The standard InChI is InChI=1S/C19H22N2O2/c1-13(2)17-6-4-5-7-18(17)21-19(23)12-20-16-10-8-15(9-11-16)14(3)22/h4-11,13,20H,12H2,1-3H3,(H,21,23). The molecule has 0 spiro atoms. The third-order valence-electron chi connectivity index (χ3n) is 3.60. The Bertz CT molecular complexity index is 691. The Hall–Kier alpha value is -2.62. The molecule has 0 saturated carbocycles. The highest BCUT2D eigenvalue weighted by atomic mass is 16.2. The van der Waals surface area contributed by atoms with E-state index in [2.05, 4.69) is 24.5 Å². The lowest BCUT2D eigenvalue weighted by Gasteiger charge is -2.14. The molecule has 2 aromatic rings. The highest BCUT2D eigenvalue weighted by molar-refractivity contribution is 5.95. The zero-order chi connectivity index (χ0) is 16.8. The lowest BCUT2D eigenvalue weighted by atomic mass is 10.0. The van der Waals surface area contributed by atoms with Crippen molar-refractivity contribution in [2.24, 2.45) is 0 Å². The van der Waals surface area contributed by atoms with Crippen LogP contribution >= 0.6 is 0 Å². The molecular formula is C19H22N2O2. The van der Waals surface area contributed by atoms with Gasteiger partial charge in [-0.3, -0.25) is 9.59 Å². The molecule has 0 aliphatic heterocycles. The molecule has 4 heteroatoms. The number of hydrogen-bond acceptors (Lipinski definition) is 3. The van der Waals surface area contributed by atoms with Crippen LogP contribution in [0.2, 0.25) is 0 Å². The molecule has 0 aliphatic carbocycles. The molecule has 0 saturated heterocycles. The van der Waals surface area contributed by atoms with E-state index in [4.69, 9.17) is 0 Å². The Morgan fingerprint density at radius 3 is 2.26 bits per heavy atom. The van der Waals surface area contributed by atoms with Crippen LogP contribution in [0.4, 0.5) is 11.4 Å². The molecule has 0 unspecified atom stereocenters. The van der Waals surface area contributed by atoms with E-state index in [0.717, 1.165) is 16.9 Å². The summed E-state index contributed by atoms with van der Waals surface area (Å²) in [6.07, 6.45) is 0. The summed E-state index contributed by atoms with van der Waals surface area (Å²) in [6, 6.07) is 14.9. The van der Waals surface area contributed by atoms with Crippen LogP contribution in [0.25, 0.3) is 0 Å². The number of hydrogen-bond donors (Lipinski definition) is 2. The largest absolute Gasteiger partial charge is 0.376 e. The maximum atomic E-state index is 12.1. The molecule has 0 heterocycles. The summed E-state index contributed by atoms with van der Waals surface area (Å²) >= 11 is 0. The summed E-state index contributed by atoms with van der Waals surface area (Å²) in [7, 11) is 0. The molecule has 23 heavy (non-hydrogen) atoms. The minimum atomic E-state index is -0.103. The van der Waals surface area contributed by atoms with Gasteiger partial charge in [0.25, 0.3) is 0 Å². The van der Waals surface area contributed by atoms with Gasteiger partial charge in [0.15, 0.2) is 5.78 Å². The van der Waals surface area contributed by atoms with Crippen LogP contribution in [-0.2, 0) is 4.79 Å². The number of rotatable bonds is 6. The first kappa shape index (κ1) is 16.7. The van der Waals surface area contributed by atoms with Crippen LogP contribution in [0.3, 0.4) is 0 Å². The molecule has 2 aromatic carbocycles. The molecular weight excluding hydrogens is 288 g/mol. The van der Waals surface area contributed by atoms with E-state index in [1.807, 2.05) is 24.3 Å². The van der Waals surface area contributed by atoms with E-state index in [1.54, 1.807) is 24.3 Å². The van der Waals surface area contributed by atoms with Gasteiger partial charge < -0.3 is 10.6 Å². The number of ketones is 1. The van der Waals surface area contributed by atoms with Crippen LogP contribution in [-0.4, -0.2) is 18.2 Å². The van der Waals surface area contributed by atoms with E-state index in [-0.39, 0.29) is 18.2 Å². The number of Topliss-reactive ketones (excluding diaryl/α,β-unsaturated/α-hetero) is 1. The number of amides is 1. The maximum absolute atomic E-state index is 12.1. The number of carbonyl (C=O) groups excluding carboxylic acids is 2. The zero-order valence-electron chi connectivity index (χ0n) is 13.7. The van der Waals surface area contributed by atoms with Gasteiger partial charge in [0.1, 0.15) is 0 Å². The first-order valence-corrected chi connectivity index (χ1v) is 7.71. The fourth-order valence-corrected chi connectivity index (χ4v) is 2.31. The van der Waals surface area contributed by atoms with Gasteiger partial charge in [-0.15, -0.1) is 0 Å². The number of carbonyl (C=O) groups is 2. The maximum Gasteiger partial charge on any atom is 0.243 e. The van der Waals surface area contributed by atoms with Crippen LogP contribution in [0.5, 0.6) is 0 Å². The van der Waals surface area contributed by atoms with Gasteiger partial charge in [-0.1, -0.05) is 32.0 Å². The summed E-state index contributed by atoms with van der Waals surface area (Å²) in [4.78, 5) is 23.3. The van der Waals surface area contributed by atoms with E-state index in [9.17, 15) is 9.59 Å². The highest BCUT2D eigenvalue weighted by Crippen LogP contribution is 2.23. The quantitative estimate of drug-likeness (QED) is 0.791. The van der Waals surface area contributed by atoms with E-state index < -0.39 is 0 Å². The van der Waals surface area contributed by atoms with Crippen molar-refractivity contribution in [3.05, 3.63) is 59.7 Å². The van der Waals surface area contributed by atoms with Gasteiger partial charge >= 0.3 is 0 Å². The van der Waals surface area contributed by atoms with Crippen LogP contribution < -0.4 is 10.6 Å². The van der Waals surface area contributed by atoms with E-state index >= 15 is 0 Å². The normalized spacial score (nSPS) is 10.4. The number of anilines is 2. The molecule has 120 valence electrons. The summed E-state index contributed by atoms with van der Waals surface area (Å²) in [5.74, 6) is 0.270. The van der Waals surface area contributed by atoms with Crippen molar-refractivity contribution in [2.75, 3.05) is 17.2 Å². The van der Waals surface area contributed by atoms with Crippen molar-refractivity contribution in [1.29, 1.82) is 0 Å². The predicted octanol–water partition coefficient (Wildman–Crippen LogP) is 4.06. The van der Waals surface area contributed by atoms with Crippen molar-refractivity contribution >= 4 is 23.1 Å². The molecule has 1 amide bonds. The third-order valence-corrected chi connectivity index (χ3v) is 3.60. The van der Waals surface area contributed by atoms with Crippen molar-refractivity contribution in [1.82, 2.24) is 0 Å².